The van der Waals surface area contributed by atoms with E-state index in [1.165, 1.54) is 12.1 Å². The second kappa shape index (κ2) is 10.1. The normalized spacial score (nSPS) is 11.1. The molecule has 0 aliphatic heterocycles. The van der Waals surface area contributed by atoms with Crippen molar-refractivity contribution in [3.63, 3.8) is 0 Å². The third kappa shape index (κ3) is 5.46. The van der Waals surface area contributed by atoms with E-state index in [1.807, 2.05) is 0 Å². The van der Waals surface area contributed by atoms with E-state index in [1.54, 1.807) is 43.0 Å². The first-order valence-electron chi connectivity index (χ1n) is 10.2. The molecule has 2 heterocycles. The molecule has 0 fully saturated rings. The lowest BCUT2D eigenvalue weighted by Gasteiger charge is -2.11. The maximum atomic E-state index is 12.4. The van der Waals surface area contributed by atoms with Gasteiger partial charge in [-0.25, -0.2) is 28.1 Å². The van der Waals surface area contributed by atoms with E-state index in [-0.39, 0.29) is 29.6 Å². The summed E-state index contributed by atoms with van der Waals surface area (Å²) in [6.45, 7) is 0.208. The molecule has 0 bridgehead atoms. The summed E-state index contributed by atoms with van der Waals surface area (Å²) in [6, 6.07) is 13.6. The standard InChI is InChI=1S/C22H18N8O4S/c23-11-15-1-3-16(4-2-15)21-19(20-13-24-14-27-20)12-26-22(29-21)25-9-10-28-35(33,34)18-7-5-17(6-8-18)30(31)32/h1-8,12-14,28H,9-10H2,(H,24,27)(H,25,26,29). The summed E-state index contributed by atoms with van der Waals surface area (Å²) in [6.07, 6.45) is 4.81. The Kier molecular flexibility index (Phi) is 6.76. The van der Waals surface area contributed by atoms with E-state index in [4.69, 9.17) is 5.26 Å². The molecule has 4 rings (SSSR count). The zero-order chi connectivity index (χ0) is 24.8. The number of nitrogens with zero attached hydrogens (tertiary/aromatic N) is 5. The summed E-state index contributed by atoms with van der Waals surface area (Å²) in [4.78, 5) is 26.0. The lowest BCUT2D eigenvalue weighted by atomic mass is 10.0. The van der Waals surface area contributed by atoms with Gasteiger partial charge < -0.3 is 10.3 Å². The van der Waals surface area contributed by atoms with Crippen LogP contribution in [0.3, 0.4) is 0 Å². The summed E-state index contributed by atoms with van der Waals surface area (Å²) < 4.78 is 27.3. The van der Waals surface area contributed by atoms with Crippen LogP contribution in [0.4, 0.5) is 11.6 Å². The number of hydrogen-bond donors (Lipinski definition) is 3. The van der Waals surface area contributed by atoms with Gasteiger partial charge in [0.05, 0.1) is 45.4 Å². The minimum absolute atomic E-state index is 0.0250. The van der Waals surface area contributed by atoms with Gasteiger partial charge in [-0.15, -0.1) is 0 Å². The molecule has 3 N–H and O–H groups in total. The van der Waals surface area contributed by atoms with Gasteiger partial charge in [0.2, 0.25) is 16.0 Å². The number of H-pyrrole nitrogens is 1. The largest absolute Gasteiger partial charge is 0.353 e. The number of nitriles is 1. The predicted octanol–water partition coefficient (Wildman–Crippen LogP) is 2.70. The average Bonchev–Trinajstić information content (AvgIpc) is 3.41. The first-order chi connectivity index (χ1) is 16.9. The number of anilines is 1. The number of nitrogens with one attached hydrogen (secondary N) is 3. The van der Waals surface area contributed by atoms with Gasteiger partial charge in [0.15, 0.2) is 0 Å². The summed E-state index contributed by atoms with van der Waals surface area (Å²) >= 11 is 0. The fourth-order valence-electron chi connectivity index (χ4n) is 3.18. The Balaban J connectivity index is 1.46. The van der Waals surface area contributed by atoms with Gasteiger partial charge in [0, 0.05) is 42.5 Å². The molecule has 176 valence electrons. The third-order valence-corrected chi connectivity index (χ3v) is 6.40. The molecule has 13 heteroatoms. The second-order valence-corrected chi connectivity index (χ2v) is 8.95. The Morgan fingerprint density at radius 1 is 1.06 bits per heavy atom. The van der Waals surface area contributed by atoms with Gasteiger partial charge in [-0.2, -0.15) is 5.26 Å². The molecule has 0 spiro atoms. The van der Waals surface area contributed by atoms with Crippen LogP contribution in [-0.4, -0.2) is 46.4 Å². The number of non-ortho nitro benzene ring substituents is 1. The van der Waals surface area contributed by atoms with E-state index in [2.05, 4.69) is 36.0 Å². The van der Waals surface area contributed by atoms with E-state index in [0.29, 0.717) is 22.5 Å². The first kappa shape index (κ1) is 23.5. The minimum atomic E-state index is -3.84. The third-order valence-electron chi connectivity index (χ3n) is 4.92. The Hall–Kier alpha value is -4.67. The van der Waals surface area contributed by atoms with Crippen LogP contribution in [0.2, 0.25) is 0 Å². The van der Waals surface area contributed by atoms with Crippen molar-refractivity contribution >= 4 is 21.7 Å². The van der Waals surface area contributed by atoms with Crippen molar-refractivity contribution in [2.24, 2.45) is 0 Å². The average molecular weight is 491 g/mol. The van der Waals surface area contributed by atoms with Crippen molar-refractivity contribution in [2.75, 3.05) is 18.4 Å². The summed E-state index contributed by atoms with van der Waals surface area (Å²) in [5.74, 6) is 0.280. The van der Waals surface area contributed by atoms with E-state index < -0.39 is 14.9 Å². The van der Waals surface area contributed by atoms with Gasteiger partial charge in [-0.1, -0.05) is 12.1 Å². The Morgan fingerprint density at radius 3 is 2.43 bits per heavy atom. The molecule has 2 aromatic heterocycles. The molecular weight excluding hydrogens is 472 g/mol. The first-order valence-corrected chi connectivity index (χ1v) is 11.7. The highest BCUT2D eigenvalue weighted by atomic mass is 32.2. The highest BCUT2D eigenvalue weighted by molar-refractivity contribution is 7.89. The second-order valence-electron chi connectivity index (χ2n) is 7.19. The highest BCUT2D eigenvalue weighted by Crippen LogP contribution is 2.29. The highest BCUT2D eigenvalue weighted by Gasteiger charge is 2.16. The molecular formula is C22H18N8O4S. The van der Waals surface area contributed by atoms with Gasteiger partial charge >= 0.3 is 0 Å². The molecule has 0 aliphatic rings. The fraction of sp³-hybridized carbons (Fsp3) is 0.0909. The number of rotatable bonds is 9. The Labute approximate surface area is 199 Å². The maximum Gasteiger partial charge on any atom is 0.269 e. The van der Waals surface area contributed by atoms with Crippen molar-refractivity contribution in [1.29, 1.82) is 5.26 Å². The lowest BCUT2D eigenvalue weighted by Crippen LogP contribution is -2.29. The number of nitro groups is 1. The van der Waals surface area contributed by atoms with Crippen molar-refractivity contribution < 1.29 is 13.3 Å². The summed E-state index contributed by atoms with van der Waals surface area (Å²) in [7, 11) is -3.84. The van der Waals surface area contributed by atoms with Crippen LogP contribution in [0.5, 0.6) is 0 Å². The molecule has 0 saturated heterocycles. The van der Waals surface area contributed by atoms with Gasteiger partial charge in [-0.05, 0) is 24.3 Å². The minimum Gasteiger partial charge on any atom is -0.353 e. The topological polar surface area (TPSA) is 180 Å². The van der Waals surface area contributed by atoms with Gasteiger partial charge in [0.1, 0.15) is 0 Å². The predicted molar refractivity (Wildman–Crippen MR) is 127 cm³/mol. The fourth-order valence-corrected chi connectivity index (χ4v) is 4.21. The van der Waals surface area contributed by atoms with Crippen molar-refractivity contribution in [2.45, 2.75) is 4.90 Å². The Morgan fingerprint density at radius 2 is 1.80 bits per heavy atom. The lowest BCUT2D eigenvalue weighted by molar-refractivity contribution is -0.384. The zero-order valence-corrected chi connectivity index (χ0v) is 18.9. The summed E-state index contributed by atoms with van der Waals surface area (Å²) in [5, 5.41) is 22.8. The smallest absolute Gasteiger partial charge is 0.269 e. The number of hydrogen-bond acceptors (Lipinski definition) is 9. The van der Waals surface area contributed by atoms with E-state index >= 15 is 0 Å². The Bertz CT molecular complexity index is 1480. The molecule has 2 aromatic carbocycles. The van der Waals surface area contributed by atoms with Crippen molar-refractivity contribution in [1.82, 2.24) is 24.7 Å². The van der Waals surface area contributed by atoms with Crippen molar-refractivity contribution in [3.8, 4) is 28.6 Å². The van der Waals surface area contributed by atoms with Crippen molar-refractivity contribution in [3.05, 3.63) is 82.9 Å². The molecule has 0 atom stereocenters. The molecule has 0 unspecified atom stereocenters. The zero-order valence-electron chi connectivity index (χ0n) is 18.0. The number of nitro benzene ring substituents is 1. The van der Waals surface area contributed by atoms with Crippen LogP contribution < -0.4 is 10.0 Å². The van der Waals surface area contributed by atoms with Crippen LogP contribution >= 0.6 is 0 Å². The van der Waals surface area contributed by atoms with Crippen LogP contribution in [0.15, 0.2) is 72.1 Å². The molecule has 4 aromatic rings. The molecule has 0 amide bonds. The molecule has 35 heavy (non-hydrogen) atoms. The van der Waals surface area contributed by atoms with E-state index in [9.17, 15) is 18.5 Å². The maximum absolute atomic E-state index is 12.4. The van der Waals surface area contributed by atoms with Crippen LogP contribution in [-0.2, 0) is 10.0 Å². The summed E-state index contributed by atoms with van der Waals surface area (Å²) in [5.41, 5.74) is 3.10. The molecule has 0 saturated carbocycles. The number of imidazole rings is 1. The number of benzene rings is 2. The number of aromatic amines is 1. The van der Waals surface area contributed by atoms with Crippen LogP contribution in [0, 0.1) is 21.4 Å². The molecule has 0 radical (unpaired) electrons. The molecule has 12 nitrogen and oxygen atoms in total. The molecule has 0 aliphatic carbocycles. The van der Waals surface area contributed by atoms with E-state index in [0.717, 1.165) is 17.7 Å². The van der Waals surface area contributed by atoms with Gasteiger partial charge in [-0.3, -0.25) is 10.1 Å². The number of sulfonamides is 1. The number of aromatic nitrogens is 4. The van der Waals surface area contributed by atoms with Crippen LogP contribution in [0.25, 0.3) is 22.5 Å². The quantitative estimate of drug-likeness (QED) is 0.181. The monoisotopic (exact) mass is 490 g/mol. The van der Waals surface area contributed by atoms with Gasteiger partial charge in [0.25, 0.3) is 5.69 Å². The van der Waals surface area contributed by atoms with Crippen LogP contribution in [0.1, 0.15) is 5.56 Å². The SMILES string of the molecule is N#Cc1ccc(-c2nc(NCCNS(=O)(=O)c3ccc([N+](=O)[O-])cc3)ncc2-c2cnc[nH]2)cc1.